The van der Waals surface area contributed by atoms with Crippen LogP contribution in [-0.2, 0) is 0 Å². The van der Waals surface area contributed by atoms with Gasteiger partial charge in [0, 0.05) is 6.04 Å². The normalized spacial score (nSPS) is 15.5. The molecule has 0 radical (unpaired) electrons. The van der Waals surface area contributed by atoms with Crippen molar-refractivity contribution in [2.45, 2.75) is 31.7 Å². The zero-order valence-corrected chi connectivity index (χ0v) is 12.8. The second-order valence-corrected chi connectivity index (χ2v) is 6.50. The van der Waals surface area contributed by atoms with Gasteiger partial charge in [-0.25, -0.2) is 9.97 Å². The number of hydrogen-bond donors (Lipinski definition) is 1. The van der Waals surface area contributed by atoms with Crippen LogP contribution in [0.25, 0.3) is 15.9 Å². The molecule has 1 saturated carbocycles. The minimum absolute atomic E-state index is 0.0432. The van der Waals surface area contributed by atoms with Gasteiger partial charge >= 0.3 is 0 Å². The molecule has 1 N–H and O–H groups in total. The summed E-state index contributed by atoms with van der Waals surface area (Å²) in [7, 11) is 0. The van der Waals surface area contributed by atoms with E-state index in [1.807, 2.05) is 23.6 Å². The van der Waals surface area contributed by atoms with Crippen molar-refractivity contribution in [1.82, 2.24) is 14.5 Å². The van der Waals surface area contributed by atoms with Crippen molar-refractivity contribution in [2.24, 2.45) is 0 Å². The highest BCUT2D eigenvalue weighted by Crippen LogP contribution is 2.21. The second kappa shape index (κ2) is 5.53. The molecule has 0 amide bonds. The van der Waals surface area contributed by atoms with Crippen LogP contribution in [0.4, 0.5) is 5.82 Å². The number of aromatic nitrogens is 3. The van der Waals surface area contributed by atoms with Crippen molar-refractivity contribution >= 4 is 27.4 Å². The Bertz CT molecular complexity index is 846. The Morgan fingerprint density at radius 2 is 2.05 bits per heavy atom. The number of nitrogens with one attached hydrogen (secondary N) is 1. The maximum Gasteiger partial charge on any atom is 0.275 e. The molecule has 4 rings (SSSR count). The molecule has 0 aliphatic heterocycles. The highest BCUT2D eigenvalue weighted by atomic mass is 32.1. The third-order valence-electron chi connectivity index (χ3n) is 4.10. The molecule has 0 bridgehead atoms. The van der Waals surface area contributed by atoms with E-state index >= 15 is 0 Å². The van der Waals surface area contributed by atoms with E-state index in [2.05, 4.69) is 15.3 Å². The maximum atomic E-state index is 12.4. The summed E-state index contributed by atoms with van der Waals surface area (Å²) < 4.78 is 2.22. The summed E-state index contributed by atoms with van der Waals surface area (Å²) >= 11 is 1.42. The molecule has 1 aliphatic rings. The van der Waals surface area contributed by atoms with E-state index in [9.17, 15) is 4.79 Å². The van der Waals surface area contributed by atoms with Gasteiger partial charge in [-0.1, -0.05) is 12.8 Å². The molecule has 3 heterocycles. The van der Waals surface area contributed by atoms with Gasteiger partial charge in [0.1, 0.15) is 16.8 Å². The van der Waals surface area contributed by atoms with Gasteiger partial charge < -0.3 is 5.32 Å². The molecule has 3 aromatic heterocycles. The fourth-order valence-corrected chi connectivity index (χ4v) is 3.70. The van der Waals surface area contributed by atoms with Crippen LogP contribution in [-0.4, -0.2) is 20.6 Å². The molecule has 0 unspecified atom stereocenters. The standard InChI is InChI=1S/C16H16N4OS/c21-16-15-13(7-8-22-15)18-10-20(16)12-5-6-14(17-9-12)19-11-3-1-2-4-11/h5-11H,1-4H2,(H,17,19). The van der Waals surface area contributed by atoms with Gasteiger partial charge in [0.05, 0.1) is 17.4 Å². The number of nitrogens with zero attached hydrogens (tertiary/aromatic N) is 3. The smallest absolute Gasteiger partial charge is 0.275 e. The Morgan fingerprint density at radius 3 is 2.82 bits per heavy atom. The molecule has 112 valence electrons. The highest BCUT2D eigenvalue weighted by Gasteiger charge is 2.15. The zero-order chi connectivity index (χ0) is 14.9. The van der Waals surface area contributed by atoms with Gasteiger partial charge in [0.25, 0.3) is 5.56 Å². The SMILES string of the molecule is O=c1c2sccc2ncn1-c1ccc(NC2CCCC2)nc1. The Labute approximate surface area is 131 Å². The van der Waals surface area contributed by atoms with Gasteiger partial charge in [-0.2, -0.15) is 0 Å². The predicted molar refractivity (Wildman–Crippen MR) is 88.9 cm³/mol. The lowest BCUT2D eigenvalue weighted by Gasteiger charge is -2.13. The van der Waals surface area contributed by atoms with Crippen molar-refractivity contribution in [3.05, 3.63) is 46.5 Å². The first-order valence-electron chi connectivity index (χ1n) is 7.49. The molecular weight excluding hydrogens is 296 g/mol. The Balaban J connectivity index is 1.63. The number of pyridine rings is 1. The van der Waals surface area contributed by atoms with Crippen LogP contribution in [0.1, 0.15) is 25.7 Å². The van der Waals surface area contributed by atoms with Gasteiger partial charge in [0.2, 0.25) is 0 Å². The van der Waals surface area contributed by atoms with Crippen molar-refractivity contribution in [2.75, 3.05) is 5.32 Å². The van der Waals surface area contributed by atoms with Crippen LogP contribution in [0.5, 0.6) is 0 Å². The van der Waals surface area contributed by atoms with E-state index in [0.717, 1.165) is 17.0 Å². The quantitative estimate of drug-likeness (QED) is 0.807. The molecule has 6 heteroatoms. The summed E-state index contributed by atoms with van der Waals surface area (Å²) in [6.07, 6.45) is 8.29. The summed E-state index contributed by atoms with van der Waals surface area (Å²) in [5.74, 6) is 0.869. The lowest BCUT2D eigenvalue weighted by atomic mass is 10.2. The monoisotopic (exact) mass is 312 g/mol. The number of fused-ring (bicyclic) bond motifs is 1. The Kier molecular flexibility index (Phi) is 3.38. The van der Waals surface area contributed by atoms with Crippen LogP contribution in [0.15, 0.2) is 40.9 Å². The van der Waals surface area contributed by atoms with Crippen molar-refractivity contribution in [3.8, 4) is 5.69 Å². The van der Waals surface area contributed by atoms with E-state index in [0.29, 0.717) is 10.7 Å². The summed E-state index contributed by atoms with van der Waals surface area (Å²) in [5, 5.41) is 5.33. The second-order valence-electron chi connectivity index (χ2n) is 5.58. The summed E-state index contributed by atoms with van der Waals surface area (Å²) in [5.41, 5.74) is 1.45. The molecule has 5 nitrogen and oxygen atoms in total. The molecule has 22 heavy (non-hydrogen) atoms. The summed E-state index contributed by atoms with van der Waals surface area (Å²) in [6.45, 7) is 0. The third kappa shape index (κ3) is 2.39. The fourth-order valence-electron chi connectivity index (χ4n) is 2.92. The molecule has 0 spiro atoms. The van der Waals surface area contributed by atoms with Gasteiger partial charge in [-0.05, 0) is 36.4 Å². The molecule has 1 fully saturated rings. The zero-order valence-electron chi connectivity index (χ0n) is 12.0. The molecule has 1 aliphatic carbocycles. The summed E-state index contributed by atoms with van der Waals surface area (Å²) in [4.78, 5) is 21.2. The summed E-state index contributed by atoms with van der Waals surface area (Å²) in [6, 6.07) is 6.23. The lowest BCUT2D eigenvalue weighted by Crippen LogP contribution is -2.18. The topological polar surface area (TPSA) is 59.8 Å². The average Bonchev–Trinajstić information content (AvgIpc) is 3.20. The third-order valence-corrected chi connectivity index (χ3v) is 4.99. The fraction of sp³-hybridized carbons (Fsp3) is 0.312. The first kappa shape index (κ1) is 13.5. The first-order chi connectivity index (χ1) is 10.8. The van der Waals surface area contributed by atoms with E-state index in [-0.39, 0.29) is 5.56 Å². The number of rotatable bonds is 3. The van der Waals surface area contributed by atoms with Crippen LogP contribution >= 0.6 is 11.3 Å². The van der Waals surface area contributed by atoms with Crippen LogP contribution in [0.3, 0.4) is 0 Å². The molecule has 0 aromatic carbocycles. The minimum Gasteiger partial charge on any atom is -0.367 e. The Hall–Kier alpha value is -2.21. The maximum absolute atomic E-state index is 12.4. The Morgan fingerprint density at radius 1 is 1.18 bits per heavy atom. The van der Waals surface area contributed by atoms with Crippen LogP contribution in [0.2, 0.25) is 0 Å². The molecular formula is C16H16N4OS. The lowest BCUT2D eigenvalue weighted by molar-refractivity contribution is 0.750. The van der Waals surface area contributed by atoms with Gasteiger partial charge in [-0.15, -0.1) is 11.3 Å². The minimum atomic E-state index is -0.0432. The number of anilines is 1. The van der Waals surface area contributed by atoms with Crippen molar-refractivity contribution in [3.63, 3.8) is 0 Å². The van der Waals surface area contributed by atoms with Gasteiger partial charge in [-0.3, -0.25) is 9.36 Å². The first-order valence-corrected chi connectivity index (χ1v) is 8.37. The number of thiophene rings is 1. The van der Waals surface area contributed by atoms with Crippen molar-refractivity contribution < 1.29 is 0 Å². The van der Waals surface area contributed by atoms with E-state index in [4.69, 9.17) is 0 Å². The number of hydrogen-bond acceptors (Lipinski definition) is 5. The van der Waals surface area contributed by atoms with Crippen LogP contribution in [0, 0.1) is 0 Å². The predicted octanol–water partition coefficient (Wildman–Crippen LogP) is 3.20. The van der Waals surface area contributed by atoms with E-state index in [1.54, 1.807) is 17.1 Å². The molecule has 3 aromatic rings. The van der Waals surface area contributed by atoms with Crippen molar-refractivity contribution in [1.29, 1.82) is 0 Å². The van der Waals surface area contributed by atoms with E-state index < -0.39 is 0 Å². The van der Waals surface area contributed by atoms with Gasteiger partial charge in [0.15, 0.2) is 0 Å². The van der Waals surface area contributed by atoms with E-state index in [1.165, 1.54) is 37.0 Å². The average molecular weight is 312 g/mol. The molecule has 0 atom stereocenters. The highest BCUT2D eigenvalue weighted by molar-refractivity contribution is 7.17. The van der Waals surface area contributed by atoms with Crippen LogP contribution < -0.4 is 10.9 Å². The largest absolute Gasteiger partial charge is 0.367 e. The molecule has 0 saturated heterocycles.